The summed E-state index contributed by atoms with van der Waals surface area (Å²) in [5, 5.41) is 4.26. The van der Waals surface area contributed by atoms with Gasteiger partial charge in [0.05, 0.1) is 13.8 Å². The number of aryl methyl sites for hydroxylation is 1. The Morgan fingerprint density at radius 3 is 2.27 bits per heavy atom. The highest BCUT2D eigenvalue weighted by atomic mass is 28.3. The van der Waals surface area contributed by atoms with Crippen molar-refractivity contribution in [3.8, 4) is 22.4 Å². The molecule has 0 unspecified atom stereocenters. The number of hydrogen-bond donors (Lipinski definition) is 0. The normalized spacial score (nSPS) is 14.6. The van der Waals surface area contributed by atoms with Crippen molar-refractivity contribution in [2.75, 3.05) is 0 Å². The summed E-state index contributed by atoms with van der Waals surface area (Å²) in [5.41, 5.74) is 9.01. The first-order chi connectivity index (χ1) is 14.2. The zero-order chi connectivity index (χ0) is 21.3. The highest BCUT2D eigenvalue weighted by Gasteiger charge is 2.39. The number of fused-ring (bicyclic) bond motifs is 5. The minimum absolute atomic E-state index is 0.102. The van der Waals surface area contributed by atoms with E-state index in [0.29, 0.717) is 0 Å². The molecule has 0 saturated carbocycles. The van der Waals surface area contributed by atoms with Crippen molar-refractivity contribution in [1.29, 1.82) is 0 Å². The molecule has 4 aromatic rings. The molecule has 0 radical (unpaired) electrons. The van der Waals surface area contributed by atoms with E-state index in [1.54, 1.807) is 0 Å². The van der Waals surface area contributed by atoms with Crippen LogP contribution in [0.5, 0.6) is 0 Å². The Balaban J connectivity index is 1.83. The lowest BCUT2D eigenvalue weighted by atomic mass is 9.78. The Bertz CT molecular complexity index is 1310. The van der Waals surface area contributed by atoms with Gasteiger partial charge in [-0.25, -0.2) is 0 Å². The molecule has 0 fully saturated rings. The Kier molecular flexibility index (Phi) is 4.10. The second-order valence-electron chi connectivity index (χ2n) is 10.3. The van der Waals surface area contributed by atoms with Crippen LogP contribution < -0.4 is 5.19 Å². The molecular formula is C28H29NSi. The molecule has 1 aliphatic carbocycles. The van der Waals surface area contributed by atoms with Gasteiger partial charge in [-0.05, 0) is 52.1 Å². The van der Waals surface area contributed by atoms with Crippen molar-refractivity contribution in [3.63, 3.8) is 0 Å². The summed E-state index contributed by atoms with van der Waals surface area (Å²) >= 11 is 0. The molecule has 1 heterocycles. The highest BCUT2D eigenvalue weighted by molar-refractivity contribution is 6.88. The first-order valence-corrected chi connectivity index (χ1v) is 14.3. The Morgan fingerprint density at radius 1 is 0.800 bits per heavy atom. The van der Waals surface area contributed by atoms with Crippen molar-refractivity contribution in [2.45, 2.75) is 45.8 Å². The van der Waals surface area contributed by atoms with Crippen LogP contribution in [0.15, 0.2) is 66.9 Å². The predicted molar refractivity (Wildman–Crippen MR) is 132 cm³/mol. The van der Waals surface area contributed by atoms with Crippen molar-refractivity contribution < 1.29 is 0 Å². The van der Waals surface area contributed by atoms with Crippen LogP contribution in [0.2, 0.25) is 19.6 Å². The van der Waals surface area contributed by atoms with Crippen molar-refractivity contribution in [1.82, 2.24) is 4.98 Å². The molecule has 5 rings (SSSR count). The topological polar surface area (TPSA) is 12.9 Å². The minimum atomic E-state index is -1.39. The molecule has 0 amide bonds. The number of hydrogen-bond acceptors (Lipinski definition) is 1. The van der Waals surface area contributed by atoms with Crippen molar-refractivity contribution >= 4 is 24.0 Å². The van der Waals surface area contributed by atoms with Gasteiger partial charge in [-0.1, -0.05) is 92.8 Å². The van der Waals surface area contributed by atoms with Crippen LogP contribution in [0.1, 0.15) is 30.5 Å². The van der Waals surface area contributed by atoms with Gasteiger partial charge >= 0.3 is 0 Å². The van der Waals surface area contributed by atoms with E-state index in [9.17, 15) is 0 Å². The summed E-state index contributed by atoms with van der Waals surface area (Å²) in [6.45, 7) is 14.2. The van der Waals surface area contributed by atoms with Gasteiger partial charge in [0.25, 0.3) is 0 Å². The third-order valence-electron chi connectivity index (χ3n) is 6.67. The van der Waals surface area contributed by atoms with E-state index >= 15 is 0 Å². The molecular weight excluding hydrogens is 378 g/mol. The Labute approximate surface area is 180 Å². The smallest absolute Gasteiger partial charge is 0.0776 e. The molecule has 1 aliphatic rings. The fourth-order valence-electron chi connectivity index (χ4n) is 5.14. The third-order valence-corrected chi connectivity index (χ3v) is 8.71. The predicted octanol–water partition coefficient (Wildman–Crippen LogP) is 7.06. The van der Waals surface area contributed by atoms with Gasteiger partial charge in [-0.15, -0.1) is 0 Å². The maximum absolute atomic E-state index is 4.88. The lowest BCUT2D eigenvalue weighted by molar-refractivity contribution is 0.665. The van der Waals surface area contributed by atoms with Gasteiger partial charge in [0, 0.05) is 17.2 Å². The van der Waals surface area contributed by atoms with Crippen LogP contribution in [-0.2, 0) is 5.41 Å². The maximum atomic E-state index is 4.88. The largest absolute Gasteiger partial charge is 0.256 e. The SMILES string of the molecule is Cc1cccc(-c2nccc3c2C(C)(C)c2c-3ccc3ccc([Si](C)(C)C)cc23)c1. The van der Waals surface area contributed by atoms with Crippen LogP contribution in [0.3, 0.4) is 0 Å². The first-order valence-electron chi connectivity index (χ1n) is 10.8. The van der Waals surface area contributed by atoms with Crippen LogP contribution in [0, 0.1) is 6.92 Å². The van der Waals surface area contributed by atoms with Crippen LogP contribution in [0.25, 0.3) is 33.2 Å². The molecule has 2 heteroatoms. The molecule has 150 valence electrons. The van der Waals surface area contributed by atoms with E-state index in [-0.39, 0.29) is 5.41 Å². The monoisotopic (exact) mass is 407 g/mol. The average molecular weight is 408 g/mol. The minimum Gasteiger partial charge on any atom is -0.256 e. The molecule has 3 aromatic carbocycles. The zero-order valence-electron chi connectivity index (χ0n) is 18.8. The standard InChI is InChI=1S/C28H29NSi/c1-18-8-7-9-20(16-18)27-26-23(14-15-29-27)22-13-11-19-10-12-21(30(4,5)6)17-24(19)25(22)28(26,2)3/h7-17H,1-6H3. The van der Waals surface area contributed by atoms with Gasteiger partial charge in [0.2, 0.25) is 0 Å². The van der Waals surface area contributed by atoms with E-state index in [4.69, 9.17) is 4.98 Å². The molecule has 1 aromatic heterocycles. The summed E-state index contributed by atoms with van der Waals surface area (Å²) in [4.78, 5) is 4.88. The Morgan fingerprint density at radius 2 is 1.53 bits per heavy atom. The van der Waals surface area contributed by atoms with Crippen LogP contribution >= 0.6 is 0 Å². The van der Waals surface area contributed by atoms with Gasteiger partial charge < -0.3 is 0 Å². The molecule has 0 N–H and O–H groups in total. The van der Waals surface area contributed by atoms with Crippen LogP contribution in [0.4, 0.5) is 0 Å². The number of nitrogens with zero attached hydrogens (tertiary/aromatic N) is 1. The molecule has 1 nitrogen and oxygen atoms in total. The molecule has 0 atom stereocenters. The number of rotatable bonds is 2. The fourth-order valence-corrected chi connectivity index (χ4v) is 6.30. The molecule has 30 heavy (non-hydrogen) atoms. The number of pyridine rings is 1. The van der Waals surface area contributed by atoms with E-state index < -0.39 is 8.07 Å². The van der Waals surface area contributed by atoms with Gasteiger partial charge in [0.15, 0.2) is 0 Å². The maximum Gasteiger partial charge on any atom is 0.0776 e. The third kappa shape index (κ3) is 2.78. The molecule has 0 spiro atoms. The second kappa shape index (κ2) is 6.39. The second-order valence-corrected chi connectivity index (χ2v) is 15.3. The van der Waals surface area contributed by atoms with Crippen molar-refractivity contribution in [3.05, 3.63) is 83.6 Å². The van der Waals surface area contributed by atoms with Crippen molar-refractivity contribution in [2.24, 2.45) is 0 Å². The number of aromatic nitrogens is 1. The lowest BCUT2D eigenvalue weighted by Crippen LogP contribution is -2.37. The lowest BCUT2D eigenvalue weighted by Gasteiger charge is -2.26. The molecule has 0 aliphatic heterocycles. The highest BCUT2D eigenvalue weighted by Crippen LogP contribution is 2.53. The molecule has 0 bridgehead atoms. The van der Waals surface area contributed by atoms with E-state index in [2.05, 4.69) is 101 Å². The van der Waals surface area contributed by atoms with E-state index in [1.165, 1.54) is 49.3 Å². The summed E-state index contributed by atoms with van der Waals surface area (Å²) < 4.78 is 0. The van der Waals surface area contributed by atoms with E-state index in [0.717, 1.165) is 5.69 Å². The first kappa shape index (κ1) is 19.3. The van der Waals surface area contributed by atoms with Crippen LogP contribution in [-0.4, -0.2) is 13.1 Å². The van der Waals surface area contributed by atoms with Gasteiger partial charge in [0.1, 0.15) is 0 Å². The van der Waals surface area contributed by atoms with Gasteiger partial charge in [-0.3, -0.25) is 4.98 Å². The summed E-state index contributed by atoms with van der Waals surface area (Å²) in [5.74, 6) is 0. The van der Waals surface area contributed by atoms with E-state index in [1.807, 2.05) is 6.20 Å². The Hall–Kier alpha value is -2.71. The average Bonchev–Trinajstić information content (AvgIpc) is 2.94. The molecule has 0 saturated heterocycles. The zero-order valence-corrected chi connectivity index (χ0v) is 19.8. The van der Waals surface area contributed by atoms with Gasteiger partial charge in [-0.2, -0.15) is 0 Å². The summed E-state index contributed by atoms with van der Waals surface area (Å²) in [7, 11) is -1.39. The summed E-state index contributed by atoms with van der Waals surface area (Å²) in [6.07, 6.45) is 1.98. The fraction of sp³-hybridized carbons (Fsp3) is 0.250. The number of benzene rings is 3. The quantitative estimate of drug-likeness (QED) is 0.324. The summed E-state index contributed by atoms with van der Waals surface area (Å²) in [6, 6.07) is 22.7.